The van der Waals surface area contributed by atoms with Crippen molar-refractivity contribution in [1.82, 2.24) is 19.7 Å². The highest BCUT2D eigenvalue weighted by atomic mass is 35.5. The summed E-state index contributed by atoms with van der Waals surface area (Å²) in [6, 6.07) is 10.7. The molecule has 0 radical (unpaired) electrons. The smallest absolute Gasteiger partial charge is 0.272 e. The molecule has 9 heteroatoms. The second kappa shape index (κ2) is 8.30. The van der Waals surface area contributed by atoms with Gasteiger partial charge in [0, 0.05) is 32.4 Å². The van der Waals surface area contributed by atoms with Crippen LogP contribution >= 0.6 is 22.9 Å². The van der Waals surface area contributed by atoms with Crippen LogP contribution < -0.4 is 10.2 Å². The minimum Gasteiger partial charge on any atom is -0.344 e. The fourth-order valence-corrected chi connectivity index (χ4v) is 4.25. The van der Waals surface area contributed by atoms with Crippen molar-refractivity contribution >= 4 is 39.7 Å². The number of nitrogens with zero attached hydrogens (tertiary/aromatic N) is 5. The molecule has 1 aromatic carbocycles. The number of benzene rings is 1. The summed E-state index contributed by atoms with van der Waals surface area (Å²) >= 11 is 7.63. The van der Waals surface area contributed by atoms with Gasteiger partial charge in [-0.25, -0.2) is 0 Å². The van der Waals surface area contributed by atoms with Crippen molar-refractivity contribution in [2.75, 3.05) is 42.9 Å². The van der Waals surface area contributed by atoms with Crippen LogP contribution in [0.15, 0.2) is 42.6 Å². The van der Waals surface area contributed by atoms with E-state index in [1.165, 1.54) is 11.3 Å². The van der Waals surface area contributed by atoms with Gasteiger partial charge >= 0.3 is 0 Å². The normalized spacial score (nSPS) is 15.0. The molecule has 146 valence electrons. The van der Waals surface area contributed by atoms with Crippen molar-refractivity contribution < 1.29 is 4.79 Å². The van der Waals surface area contributed by atoms with Crippen molar-refractivity contribution in [1.29, 1.82) is 0 Å². The van der Waals surface area contributed by atoms with Gasteiger partial charge in [-0.1, -0.05) is 42.0 Å². The second-order valence-electron chi connectivity index (χ2n) is 6.49. The molecule has 1 fully saturated rings. The lowest BCUT2D eigenvalue weighted by atomic mass is 10.3. The zero-order valence-electron chi connectivity index (χ0n) is 15.5. The zero-order valence-corrected chi connectivity index (χ0v) is 17.1. The first-order valence-electron chi connectivity index (χ1n) is 9.20. The Bertz CT molecular complexity index is 963. The molecule has 3 aromatic rings. The molecular weight excluding hydrogens is 396 g/mol. The Kier molecular flexibility index (Phi) is 5.61. The molecule has 0 atom stereocenters. The number of halogens is 1. The van der Waals surface area contributed by atoms with E-state index in [1.807, 2.05) is 24.4 Å². The van der Waals surface area contributed by atoms with Gasteiger partial charge in [-0.05, 0) is 30.8 Å². The number of piperazine rings is 1. The lowest BCUT2D eigenvalue weighted by molar-refractivity contribution is 0.102. The lowest BCUT2D eigenvalue weighted by Crippen LogP contribution is -2.46. The monoisotopic (exact) mass is 416 g/mol. The number of para-hydroxylation sites is 1. The molecule has 0 saturated carbocycles. The Hall–Kier alpha value is -2.42. The number of anilines is 2. The van der Waals surface area contributed by atoms with Gasteiger partial charge in [0.15, 0.2) is 0 Å². The molecule has 0 aliphatic carbocycles. The van der Waals surface area contributed by atoms with Crippen molar-refractivity contribution in [3.05, 3.63) is 53.3 Å². The molecule has 1 aliphatic rings. The van der Waals surface area contributed by atoms with Gasteiger partial charge < -0.3 is 15.1 Å². The summed E-state index contributed by atoms with van der Waals surface area (Å²) in [6.07, 6.45) is 1.82. The second-order valence-corrected chi connectivity index (χ2v) is 7.83. The van der Waals surface area contributed by atoms with Crippen LogP contribution in [0, 0.1) is 0 Å². The molecule has 2 aromatic heterocycles. The number of likely N-dealkylation sites (N-methyl/N-ethyl adjacent to an activating group) is 1. The van der Waals surface area contributed by atoms with Gasteiger partial charge in [-0.3, -0.25) is 9.36 Å². The van der Waals surface area contributed by atoms with E-state index in [1.54, 1.807) is 22.8 Å². The Morgan fingerprint density at radius 3 is 2.61 bits per heavy atom. The van der Waals surface area contributed by atoms with Crippen molar-refractivity contribution in [2.45, 2.75) is 6.92 Å². The molecule has 0 bridgehead atoms. The van der Waals surface area contributed by atoms with Crippen LogP contribution in [0.3, 0.4) is 0 Å². The first-order valence-corrected chi connectivity index (χ1v) is 10.4. The van der Waals surface area contributed by atoms with E-state index in [4.69, 9.17) is 11.6 Å². The van der Waals surface area contributed by atoms with Crippen LogP contribution in [0.25, 0.3) is 5.13 Å². The number of hydrogen-bond acceptors (Lipinski definition) is 6. The Balaban J connectivity index is 1.51. The predicted octanol–water partition coefficient (Wildman–Crippen LogP) is 3.38. The molecule has 0 spiro atoms. The zero-order chi connectivity index (χ0) is 19.5. The average Bonchev–Trinajstić information content (AvgIpc) is 3.39. The molecule has 28 heavy (non-hydrogen) atoms. The van der Waals surface area contributed by atoms with Crippen LogP contribution in [0.1, 0.15) is 17.4 Å². The molecule has 1 saturated heterocycles. The molecule has 3 heterocycles. The highest BCUT2D eigenvalue weighted by Crippen LogP contribution is 2.26. The van der Waals surface area contributed by atoms with E-state index in [9.17, 15) is 4.79 Å². The van der Waals surface area contributed by atoms with Crippen molar-refractivity contribution in [3.63, 3.8) is 0 Å². The topological polar surface area (TPSA) is 66.3 Å². The van der Waals surface area contributed by atoms with Gasteiger partial charge in [-0.15, -0.1) is 10.2 Å². The van der Waals surface area contributed by atoms with Crippen LogP contribution in [0.4, 0.5) is 10.8 Å². The molecule has 1 amide bonds. The highest BCUT2D eigenvalue weighted by molar-refractivity contribution is 7.17. The molecule has 7 nitrogen and oxygen atoms in total. The van der Waals surface area contributed by atoms with Gasteiger partial charge in [0.05, 0.1) is 10.7 Å². The first kappa shape index (κ1) is 18.9. The van der Waals surface area contributed by atoms with Gasteiger partial charge in [0.2, 0.25) is 10.3 Å². The summed E-state index contributed by atoms with van der Waals surface area (Å²) in [5, 5.41) is 13.6. The summed E-state index contributed by atoms with van der Waals surface area (Å²) in [6.45, 7) is 7.19. The SMILES string of the molecule is CCN1CCN(c2nnc(-n3cccc3C(=O)Nc3ccccc3Cl)s2)CC1. The van der Waals surface area contributed by atoms with Gasteiger partial charge in [0.25, 0.3) is 5.91 Å². The molecule has 1 N–H and O–H groups in total. The number of nitrogens with one attached hydrogen (secondary N) is 1. The number of rotatable bonds is 5. The van der Waals surface area contributed by atoms with Crippen LogP contribution in [0.2, 0.25) is 5.02 Å². The number of aromatic nitrogens is 3. The summed E-state index contributed by atoms with van der Waals surface area (Å²) in [5.74, 6) is -0.244. The van der Waals surface area contributed by atoms with Crippen molar-refractivity contribution in [3.8, 4) is 5.13 Å². The van der Waals surface area contributed by atoms with Crippen LogP contribution in [-0.4, -0.2) is 58.3 Å². The number of hydrogen-bond donors (Lipinski definition) is 1. The van der Waals surface area contributed by atoms with Gasteiger partial charge in [-0.2, -0.15) is 0 Å². The highest BCUT2D eigenvalue weighted by Gasteiger charge is 2.21. The predicted molar refractivity (Wildman–Crippen MR) is 113 cm³/mol. The summed E-state index contributed by atoms with van der Waals surface area (Å²) in [7, 11) is 0. The Morgan fingerprint density at radius 2 is 1.86 bits per heavy atom. The summed E-state index contributed by atoms with van der Waals surface area (Å²) in [5.41, 5.74) is 1.06. The molecule has 0 unspecified atom stereocenters. The largest absolute Gasteiger partial charge is 0.344 e. The van der Waals surface area contributed by atoms with Crippen molar-refractivity contribution in [2.24, 2.45) is 0 Å². The van der Waals surface area contributed by atoms with E-state index in [0.29, 0.717) is 21.5 Å². The maximum absolute atomic E-state index is 12.7. The maximum Gasteiger partial charge on any atom is 0.272 e. The fraction of sp³-hybridized carbons (Fsp3) is 0.316. The lowest BCUT2D eigenvalue weighted by Gasteiger charge is -2.33. The van der Waals surface area contributed by atoms with E-state index in [0.717, 1.165) is 37.9 Å². The summed E-state index contributed by atoms with van der Waals surface area (Å²) in [4.78, 5) is 17.4. The number of carbonyl (C=O) groups is 1. The molecule has 1 aliphatic heterocycles. The van der Waals surface area contributed by atoms with Crippen LogP contribution in [0.5, 0.6) is 0 Å². The minimum absolute atomic E-state index is 0.244. The average molecular weight is 417 g/mol. The maximum atomic E-state index is 12.7. The summed E-state index contributed by atoms with van der Waals surface area (Å²) < 4.78 is 1.76. The number of carbonyl (C=O) groups excluding carboxylic acids is 1. The quantitative estimate of drug-likeness (QED) is 0.690. The van der Waals surface area contributed by atoms with E-state index in [2.05, 4.69) is 32.2 Å². The third-order valence-electron chi connectivity index (χ3n) is 4.80. The fourth-order valence-electron chi connectivity index (χ4n) is 3.17. The van der Waals surface area contributed by atoms with Gasteiger partial charge in [0.1, 0.15) is 5.69 Å². The van der Waals surface area contributed by atoms with E-state index < -0.39 is 0 Å². The Morgan fingerprint density at radius 1 is 1.11 bits per heavy atom. The Labute approximate surface area is 172 Å². The standard InChI is InChI=1S/C19H21ClN6OS/c1-2-24-10-12-25(13-11-24)18-22-23-19(28-18)26-9-5-8-16(26)17(27)21-15-7-4-3-6-14(15)20/h3-9H,2,10-13H2,1H3,(H,21,27). The third-order valence-corrected chi connectivity index (χ3v) is 6.12. The van der Waals surface area contributed by atoms with E-state index >= 15 is 0 Å². The first-order chi connectivity index (χ1) is 13.7. The molecule has 4 rings (SSSR count). The minimum atomic E-state index is -0.244. The van der Waals surface area contributed by atoms with E-state index in [-0.39, 0.29) is 5.91 Å². The van der Waals surface area contributed by atoms with Crippen LogP contribution in [-0.2, 0) is 0 Å². The molecular formula is C19H21ClN6OS. The number of amides is 1. The third kappa shape index (κ3) is 3.89.